The quantitative estimate of drug-likeness (QED) is 0.636. The first-order chi connectivity index (χ1) is 8.99. The predicted octanol–water partition coefficient (Wildman–Crippen LogP) is 2.96. The van der Waals surface area contributed by atoms with E-state index in [1.165, 1.54) is 0 Å². The third-order valence-corrected chi connectivity index (χ3v) is 3.37. The van der Waals surface area contributed by atoms with Gasteiger partial charge >= 0.3 is 5.97 Å². The number of nitrogen functional groups attached to an aromatic ring is 1. The van der Waals surface area contributed by atoms with Gasteiger partial charge in [-0.1, -0.05) is 11.6 Å². The van der Waals surface area contributed by atoms with Gasteiger partial charge in [-0.3, -0.25) is 0 Å². The first-order valence-electron chi connectivity index (χ1n) is 5.59. The van der Waals surface area contributed by atoms with Crippen molar-refractivity contribution in [3.63, 3.8) is 0 Å². The Bertz CT molecular complexity index is 839. The molecule has 3 rings (SSSR count). The number of carboxylic acid groups (broad SMARTS) is 1. The minimum Gasteiger partial charge on any atom is -0.478 e. The van der Waals surface area contributed by atoms with Crippen LogP contribution in [0.15, 0.2) is 18.2 Å². The minimum absolute atomic E-state index is 0.0355. The number of rotatable bonds is 1. The van der Waals surface area contributed by atoms with Gasteiger partial charge in [0.1, 0.15) is 11.2 Å². The highest BCUT2D eigenvalue weighted by Crippen LogP contribution is 2.33. The molecule has 3 aromatic rings. The fourth-order valence-electron chi connectivity index (χ4n) is 2.32. The van der Waals surface area contributed by atoms with Gasteiger partial charge in [-0.2, -0.15) is 0 Å². The molecule has 0 saturated heterocycles. The van der Waals surface area contributed by atoms with E-state index in [1.54, 1.807) is 19.1 Å². The smallest absolute Gasteiger partial charge is 0.339 e. The molecule has 4 N–H and O–H groups in total. The van der Waals surface area contributed by atoms with Gasteiger partial charge in [0.15, 0.2) is 0 Å². The van der Waals surface area contributed by atoms with Crippen molar-refractivity contribution in [1.29, 1.82) is 0 Å². The molecule has 0 spiro atoms. The van der Waals surface area contributed by atoms with Gasteiger partial charge in [0.25, 0.3) is 0 Å². The van der Waals surface area contributed by atoms with Crippen molar-refractivity contribution < 1.29 is 9.90 Å². The van der Waals surface area contributed by atoms with Crippen molar-refractivity contribution in [3.05, 3.63) is 34.5 Å². The fourth-order valence-corrected chi connectivity index (χ4v) is 2.49. The highest BCUT2D eigenvalue weighted by atomic mass is 35.5. The van der Waals surface area contributed by atoms with E-state index >= 15 is 0 Å². The van der Waals surface area contributed by atoms with E-state index in [-0.39, 0.29) is 11.3 Å². The van der Waals surface area contributed by atoms with Gasteiger partial charge in [-0.25, -0.2) is 9.78 Å². The maximum atomic E-state index is 11.3. The minimum atomic E-state index is -1.08. The molecule has 6 heteroatoms. The zero-order valence-electron chi connectivity index (χ0n) is 9.99. The summed E-state index contributed by atoms with van der Waals surface area (Å²) >= 11 is 5.97. The molecular formula is C13H10ClN3O2. The van der Waals surface area contributed by atoms with Crippen molar-refractivity contribution in [2.75, 3.05) is 5.73 Å². The number of pyridine rings is 1. The summed E-state index contributed by atoms with van der Waals surface area (Å²) in [6.45, 7) is 1.62. The molecule has 0 fully saturated rings. The number of aromatic amines is 1. The number of nitrogens with zero attached hydrogens (tertiary/aromatic N) is 1. The number of fused-ring (bicyclic) bond motifs is 3. The van der Waals surface area contributed by atoms with E-state index in [0.29, 0.717) is 21.7 Å². The van der Waals surface area contributed by atoms with E-state index in [4.69, 9.17) is 17.3 Å². The number of hydrogen-bond donors (Lipinski definition) is 3. The summed E-state index contributed by atoms with van der Waals surface area (Å²) in [5.41, 5.74) is 8.02. The Hall–Kier alpha value is -2.27. The number of aromatic nitrogens is 2. The molecule has 96 valence electrons. The average Bonchev–Trinajstić information content (AvgIpc) is 2.65. The third kappa shape index (κ3) is 1.62. The summed E-state index contributed by atoms with van der Waals surface area (Å²) in [7, 11) is 0. The van der Waals surface area contributed by atoms with Gasteiger partial charge in [-0.15, -0.1) is 0 Å². The number of hydrogen-bond acceptors (Lipinski definition) is 3. The number of nitrogens with one attached hydrogen (secondary N) is 1. The van der Waals surface area contributed by atoms with Crippen LogP contribution in [0.1, 0.15) is 16.1 Å². The summed E-state index contributed by atoms with van der Waals surface area (Å²) in [5, 5.41) is 11.1. The molecule has 0 radical (unpaired) electrons. The SMILES string of the molecule is Cc1nc2[nH]c3ccc(Cl)cc3c2c(N)c1C(=O)O. The number of carbonyl (C=O) groups is 1. The van der Waals surface area contributed by atoms with Crippen LogP contribution in [0.4, 0.5) is 5.69 Å². The second-order valence-electron chi connectivity index (χ2n) is 4.33. The van der Waals surface area contributed by atoms with Crippen LogP contribution < -0.4 is 5.73 Å². The highest BCUT2D eigenvalue weighted by Gasteiger charge is 2.19. The zero-order chi connectivity index (χ0) is 13.7. The lowest BCUT2D eigenvalue weighted by Crippen LogP contribution is -2.07. The molecule has 5 nitrogen and oxygen atoms in total. The van der Waals surface area contributed by atoms with Crippen LogP contribution in [-0.2, 0) is 0 Å². The van der Waals surface area contributed by atoms with E-state index in [1.807, 2.05) is 6.07 Å². The number of H-pyrrole nitrogens is 1. The number of benzene rings is 1. The van der Waals surface area contributed by atoms with Crippen molar-refractivity contribution >= 4 is 45.2 Å². The standard InChI is InChI=1S/C13H10ClN3O2/c1-5-9(13(18)19)11(15)10-7-4-6(14)2-3-8(7)17-12(10)16-5/h2-4H,1H3,(H,18,19)(H3,15,16,17). The van der Waals surface area contributed by atoms with E-state index < -0.39 is 5.97 Å². The molecule has 1 aromatic carbocycles. The molecule has 0 aliphatic heterocycles. The van der Waals surface area contributed by atoms with Crippen molar-refractivity contribution in [2.45, 2.75) is 6.92 Å². The molecule has 0 aliphatic carbocycles. The van der Waals surface area contributed by atoms with Crippen LogP contribution in [0, 0.1) is 6.92 Å². The van der Waals surface area contributed by atoms with Gasteiger partial charge in [0.2, 0.25) is 0 Å². The Kier molecular flexibility index (Phi) is 2.40. The maximum absolute atomic E-state index is 11.3. The monoisotopic (exact) mass is 275 g/mol. The Morgan fingerprint density at radius 3 is 2.89 bits per heavy atom. The third-order valence-electron chi connectivity index (χ3n) is 3.13. The zero-order valence-corrected chi connectivity index (χ0v) is 10.7. The van der Waals surface area contributed by atoms with E-state index in [0.717, 1.165) is 10.9 Å². The molecule has 0 amide bonds. The van der Waals surface area contributed by atoms with Gasteiger partial charge in [-0.05, 0) is 25.1 Å². The Morgan fingerprint density at radius 2 is 2.21 bits per heavy atom. The summed E-state index contributed by atoms with van der Waals surface area (Å²) in [6.07, 6.45) is 0. The van der Waals surface area contributed by atoms with E-state index in [9.17, 15) is 9.90 Å². The summed E-state index contributed by atoms with van der Waals surface area (Å²) < 4.78 is 0. The fraction of sp³-hybridized carbons (Fsp3) is 0.0769. The lowest BCUT2D eigenvalue weighted by Gasteiger charge is -2.05. The van der Waals surface area contributed by atoms with Crippen LogP contribution in [0.2, 0.25) is 5.02 Å². The summed E-state index contributed by atoms with van der Waals surface area (Å²) in [4.78, 5) is 18.6. The molecule has 0 saturated carbocycles. The Labute approximate surface area is 113 Å². The maximum Gasteiger partial charge on any atom is 0.339 e. The lowest BCUT2D eigenvalue weighted by molar-refractivity contribution is 0.0697. The number of halogens is 1. The molecule has 0 unspecified atom stereocenters. The number of carboxylic acids is 1. The normalized spacial score (nSPS) is 11.3. The number of nitrogens with two attached hydrogens (primary N) is 1. The molecule has 0 atom stereocenters. The van der Waals surface area contributed by atoms with Crippen LogP contribution in [0.5, 0.6) is 0 Å². The number of anilines is 1. The Morgan fingerprint density at radius 1 is 1.47 bits per heavy atom. The predicted molar refractivity (Wildman–Crippen MR) is 74.7 cm³/mol. The lowest BCUT2D eigenvalue weighted by atomic mass is 10.1. The molecule has 2 heterocycles. The topological polar surface area (TPSA) is 92.0 Å². The second-order valence-corrected chi connectivity index (χ2v) is 4.77. The second kappa shape index (κ2) is 3.86. The average molecular weight is 276 g/mol. The van der Waals surface area contributed by atoms with Crippen LogP contribution in [0.25, 0.3) is 21.9 Å². The highest BCUT2D eigenvalue weighted by molar-refractivity contribution is 6.32. The summed E-state index contributed by atoms with van der Waals surface area (Å²) in [6, 6.07) is 5.31. The van der Waals surface area contributed by atoms with Crippen LogP contribution in [0.3, 0.4) is 0 Å². The van der Waals surface area contributed by atoms with Gasteiger partial charge < -0.3 is 15.8 Å². The van der Waals surface area contributed by atoms with Crippen LogP contribution >= 0.6 is 11.6 Å². The largest absolute Gasteiger partial charge is 0.478 e. The molecule has 19 heavy (non-hydrogen) atoms. The van der Waals surface area contributed by atoms with Crippen molar-refractivity contribution in [1.82, 2.24) is 9.97 Å². The number of aryl methyl sites for hydroxylation is 1. The summed E-state index contributed by atoms with van der Waals surface area (Å²) in [5.74, 6) is -1.08. The molecule has 0 aliphatic rings. The first kappa shape index (κ1) is 11.8. The van der Waals surface area contributed by atoms with Crippen molar-refractivity contribution in [2.24, 2.45) is 0 Å². The van der Waals surface area contributed by atoms with Gasteiger partial charge in [0, 0.05) is 15.9 Å². The first-order valence-corrected chi connectivity index (χ1v) is 5.97. The Balaban J connectivity index is 2.55. The van der Waals surface area contributed by atoms with E-state index in [2.05, 4.69) is 9.97 Å². The van der Waals surface area contributed by atoms with Gasteiger partial charge in [0.05, 0.1) is 16.8 Å². The van der Waals surface area contributed by atoms with Crippen molar-refractivity contribution in [3.8, 4) is 0 Å². The molecule has 0 bridgehead atoms. The molecule has 2 aromatic heterocycles. The number of aromatic carboxylic acids is 1. The van der Waals surface area contributed by atoms with Crippen LogP contribution in [-0.4, -0.2) is 21.0 Å². The molecular weight excluding hydrogens is 266 g/mol.